The normalized spacial score (nSPS) is 34.9. The lowest BCUT2D eigenvalue weighted by Crippen LogP contribution is -2.22. The molecular weight excluding hydrogens is 112 g/mol. The van der Waals surface area contributed by atoms with Gasteiger partial charge in [-0.1, -0.05) is 26.0 Å². The Labute approximate surface area is 56.7 Å². The third kappa shape index (κ3) is 1.55. The highest BCUT2D eigenvalue weighted by atomic mass is 16.5. The highest BCUT2D eigenvalue weighted by Crippen LogP contribution is 2.16. The third-order valence-electron chi connectivity index (χ3n) is 1.83. The van der Waals surface area contributed by atoms with E-state index in [2.05, 4.69) is 26.0 Å². The SMILES string of the molecule is CCC1OCC=CC1C. The van der Waals surface area contributed by atoms with Gasteiger partial charge in [0, 0.05) is 5.92 Å². The molecule has 0 aliphatic carbocycles. The lowest BCUT2D eigenvalue weighted by atomic mass is 10.0. The van der Waals surface area contributed by atoms with Crippen molar-refractivity contribution in [2.24, 2.45) is 5.92 Å². The van der Waals surface area contributed by atoms with Crippen LogP contribution in [0.3, 0.4) is 0 Å². The Bertz CT molecular complexity index is 107. The summed E-state index contributed by atoms with van der Waals surface area (Å²) in [7, 11) is 0. The van der Waals surface area contributed by atoms with E-state index >= 15 is 0 Å². The van der Waals surface area contributed by atoms with Crippen molar-refractivity contribution in [1.82, 2.24) is 0 Å². The Morgan fingerprint density at radius 2 is 2.44 bits per heavy atom. The van der Waals surface area contributed by atoms with Gasteiger partial charge in [-0.15, -0.1) is 0 Å². The van der Waals surface area contributed by atoms with Gasteiger partial charge in [-0.25, -0.2) is 0 Å². The number of rotatable bonds is 1. The van der Waals surface area contributed by atoms with Gasteiger partial charge < -0.3 is 4.74 Å². The Kier molecular flexibility index (Phi) is 2.29. The molecule has 1 aliphatic rings. The Morgan fingerprint density at radius 1 is 1.67 bits per heavy atom. The van der Waals surface area contributed by atoms with Crippen LogP contribution in [0.15, 0.2) is 12.2 Å². The summed E-state index contributed by atoms with van der Waals surface area (Å²) >= 11 is 0. The van der Waals surface area contributed by atoms with Crippen molar-refractivity contribution in [2.45, 2.75) is 26.4 Å². The molecule has 2 unspecified atom stereocenters. The van der Waals surface area contributed by atoms with E-state index < -0.39 is 0 Å². The molecule has 0 fully saturated rings. The minimum absolute atomic E-state index is 0.468. The van der Waals surface area contributed by atoms with Crippen LogP contribution < -0.4 is 0 Å². The van der Waals surface area contributed by atoms with Crippen LogP contribution in [0.4, 0.5) is 0 Å². The van der Waals surface area contributed by atoms with Crippen LogP contribution in [-0.4, -0.2) is 12.7 Å². The van der Waals surface area contributed by atoms with E-state index in [0.717, 1.165) is 13.0 Å². The molecule has 2 atom stereocenters. The lowest BCUT2D eigenvalue weighted by molar-refractivity contribution is 0.0360. The second-order valence-electron chi connectivity index (χ2n) is 2.57. The van der Waals surface area contributed by atoms with Crippen LogP contribution in [0.5, 0.6) is 0 Å². The number of hydrogen-bond acceptors (Lipinski definition) is 1. The molecule has 1 aliphatic heterocycles. The minimum Gasteiger partial charge on any atom is -0.374 e. The fraction of sp³-hybridized carbons (Fsp3) is 0.750. The van der Waals surface area contributed by atoms with E-state index in [-0.39, 0.29) is 0 Å². The summed E-state index contributed by atoms with van der Waals surface area (Å²) in [6.07, 6.45) is 5.93. The third-order valence-corrected chi connectivity index (χ3v) is 1.83. The first kappa shape index (κ1) is 6.81. The van der Waals surface area contributed by atoms with Crippen LogP contribution in [-0.2, 0) is 4.74 Å². The van der Waals surface area contributed by atoms with Crippen LogP contribution >= 0.6 is 0 Å². The fourth-order valence-electron chi connectivity index (χ4n) is 1.21. The van der Waals surface area contributed by atoms with Gasteiger partial charge in [-0.2, -0.15) is 0 Å². The van der Waals surface area contributed by atoms with Gasteiger partial charge in [0.2, 0.25) is 0 Å². The molecule has 0 saturated heterocycles. The molecule has 9 heavy (non-hydrogen) atoms. The van der Waals surface area contributed by atoms with Gasteiger partial charge in [0.1, 0.15) is 0 Å². The van der Waals surface area contributed by atoms with Crippen molar-refractivity contribution < 1.29 is 4.74 Å². The van der Waals surface area contributed by atoms with E-state index in [1.165, 1.54) is 0 Å². The molecule has 52 valence electrons. The highest BCUT2D eigenvalue weighted by molar-refractivity contribution is 4.93. The van der Waals surface area contributed by atoms with Crippen LogP contribution in [0.2, 0.25) is 0 Å². The first-order valence-corrected chi connectivity index (χ1v) is 3.63. The predicted octanol–water partition coefficient (Wildman–Crippen LogP) is 1.99. The van der Waals surface area contributed by atoms with Gasteiger partial charge in [0.25, 0.3) is 0 Å². The first-order chi connectivity index (χ1) is 4.34. The van der Waals surface area contributed by atoms with Gasteiger partial charge in [-0.05, 0) is 6.42 Å². The second kappa shape index (κ2) is 3.02. The molecule has 0 spiro atoms. The van der Waals surface area contributed by atoms with Crippen molar-refractivity contribution in [3.63, 3.8) is 0 Å². The molecule has 0 saturated carbocycles. The largest absolute Gasteiger partial charge is 0.374 e. The molecule has 1 nitrogen and oxygen atoms in total. The molecule has 0 N–H and O–H groups in total. The summed E-state index contributed by atoms with van der Waals surface area (Å²) in [4.78, 5) is 0. The fourth-order valence-corrected chi connectivity index (χ4v) is 1.21. The molecule has 1 heterocycles. The van der Waals surface area contributed by atoms with Crippen LogP contribution in [0.1, 0.15) is 20.3 Å². The number of hydrogen-bond donors (Lipinski definition) is 0. The van der Waals surface area contributed by atoms with Gasteiger partial charge in [0.15, 0.2) is 0 Å². The van der Waals surface area contributed by atoms with Crippen LogP contribution in [0, 0.1) is 5.92 Å². The second-order valence-corrected chi connectivity index (χ2v) is 2.57. The Balaban J connectivity index is 2.44. The van der Waals surface area contributed by atoms with Gasteiger partial charge in [0.05, 0.1) is 12.7 Å². The van der Waals surface area contributed by atoms with E-state index in [1.807, 2.05) is 0 Å². The topological polar surface area (TPSA) is 9.23 Å². The minimum atomic E-state index is 0.468. The van der Waals surface area contributed by atoms with Crippen molar-refractivity contribution in [3.05, 3.63) is 12.2 Å². The first-order valence-electron chi connectivity index (χ1n) is 3.63. The van der Waals surface area contributed by atoms with E-state index in [9.17, 15) is 0 Å². The van der Waals surface area contributed by atoms with E-state index in [1.54, 1.807) is 0 Å². The summed E-state index contributed by atoms with van der Waals surface area (Å²) in [6, 6.07) is 0. The zero-order valence-electron chi connectivity index (χ0n) is 6.13. The standard InChI is InChI=1S/C8H14O/c1-3-8-7(2)5-4-6-9-8/h4-5,7-8H,3,6H2,1-2H3. The monoisotopic (exact) mass is 126 g/mol. The molecule has 0 bridgehead atoms. The summed E-state index contributed by atoms with van der Waals surface area (Å²) in [5.74, 6) is 0.615. The summed E-state index contributed by atoms with van der Waals surface area (Å²) < 4.78 is 5.45. The average Bonchev–Trinajstić information content (AvgIpc) is 1.89. The Morgan fingerprint density at radius 3 is 2.89 bits per heavy atom. The molecule has 0 aromatic rings. The zero-order chi connectivity index (χ0) is 6.69. The highest BCUT2D eigenvalue weighted by Gasteiger charge is 2.14. The molecule has 0 aromatic carbocycles. The van der Waals surface area contributed by atoms with E-state index in [0.29, 0.717) is 12.0 Å². The molecule has 0 aromatic heterocycles. The quantitative estimate of drug-likeness (QED) is 0.488. The summed E-state index contributed by atoms with van der Waals surface area (Å²) in [6.45, 7) is 5.17. The summed E-state index contributed by atoms with van der Waals surface area (Å²) in [5.41, 5.74) is 0. The smallest absolute Gasteiger partial charge is 0.0651 e. The maximum atomic E-state index is 5.45. The van der Waals surface area contributed by atoms with Crippen molar-refractivity contribution in [1.29, 1.82) is 0 Å². The maximum absolute atomic E-state index is 5.45. The zero-order valence-corrected chi connectivity index (χ0v) is 6.13. The number of ether oxygens (including phenoxy) is 1. The lowest BCUT2D eigenvalue weighted by Gasteiger charge is -2.23. The van der Waals surface area contributed by atoms with Crippen molar-refractivity contribution in [2.75, 3.05) is 6.61 Å². The predicted molar refractivity (Wildman–Crippen MR) is 38.3 cm³/mol. The maximum Gasteiger partial charge on any atom is 0.0651 e. The van der Waals surface area contributed by atoms with Gasteiger partial charge in [-0.3, -0.25) is 0 Å². The van der Waals surface area contributed by atoms with Crippen molar-refractivity contribution >= 4 is 0 Å². The van der Waals surface area contributed by atoms with Gasteiger partial charge >= 0.3 is 0 Å². The van der Waals surface area contributed by atoms with Crippen molar-refractivity contribution in [3.8, 4) is 0 Å². The van der Waals surface area contributed by atoms with E-state index in [4.69, 9.17) is 4.74 Å². The molecule has 1 heteroatoms. The average molecular weight is 126 g/mol. The molecule has 0 amide bonds. The summed E-state index contributed by atoms with van der Waals surface area (Å²) in [5, 5.41) is 0. The molecule has 0 radical (unpaired) electrons. The Hall–Kier alpha value is -0.300. The van der Waals surface area contributed by atoms with Crippen LogP contribution in [0.25, 0.3) is 0 Å². The molecular formula is C8H14O. The molecule has 1 rings (SSSR count).